The molecule has 100 valence electrons. The van der Waals surface area contributed by atoms with Crippen molar-refractivity contribution in [3.63, 3.8) is 0 Å². The first-order chi connectivity index (χ1) is 9.67. The molecule has 0 saturated heterocycles. The molecule has 0 atom stereocenters. The second-order valence-corrected chi connectivity index (χ2v) is 4.65. The third-order valence-corrected chi connectivity index (χ3v) is 3.34. The van der Waals surface area contributed by atoms with E-state index in [-0.39, 0.29) is 11.7 Å². The Morgan fingerprint density at radius 2 is 1.80 bits per heavy atom. The zero-order chi connectivity index (χ0) is 14.1. The minimum absolute atomic E-state index is 0.0333. The quantitative estimate of drug-likeness (QED) is 0.869. The second kappa shape index (κ2) is 4.81. The van der Waals surface area contributed by atoms with Crippen LogP contribution in [0.3, 0.4) is 0 Å². The monoisotopic (exact) mass is 267 g/mol. The summed E-state index contributed by atoms with van der Waals surface area (Å²) in [6.07, 6.45) is 0.332. The van der Waals surface area contributed by atoms with Gasteiger partial charge in [-0.2, -0.15) is 0 Å². The Morgan fingerprint density at radius 1 is 1.10 bits per heavy atom. The van der Waals surface area contributed by atoms with Gasteiger partial charge < -0.3 is 10.1 Å². The third kappa shape index (κ3) is 2.16. The molecule has 2 aromatic carbocycles. The number of amides is 1. The van der Waals surface area contributed by atoms with Crippen molar-refractivity contribution < 1.29 is 14.3 Å². The molecule has 0 aliphatic carbocycles. The molecule has 0 aromatic heterocycles. The van der Waals surface area contributed by atoms with E-state index in [0.717, 1.165) is 11.3 Å². The van der Waals surface area contributed by atoms with Gasteiger partial charge in [-0.05, 0) is 48.0 Å². The third-order valence-electron chi connectivity index (χ3n) is 3.34. The van der Waals surface area contributed by atoms with Crippen LogP contribution >= 0.6 is 0 Å². The van der Waals surface area contributed by atoms with Crippen LogP contribution in [0.2, 0.25) is 0 Å². The summed E-state index contributed by atoms with van der Waals surface area (Å²) in [4.78, 5) is 23.7. The van der Waals surface area contributed by atoms with Crippen LogP contribution in [0.15, 0.2) is 42.5 Å². The minimum atomic E-state index is -0.0604. The maximum absolute atomic E-state index is 12.4. The van der Waals surface area contributed by atoms with E-state index in [1.165, 1.54) is 0 Å². The number of hydrogen-bond acceptors (Lipinski definition) is 3. The van der Waals surface area contributed by atoms with Crippen LogP contribution in [0.25, 0.3) is 0 Å². The lowest BCUT2D eigenvalue weighted by Gasteiger charge is -2.05. The number of carbonyl (C=O) groups excluding carboxylic acids is 2. The molecule has 0 radical (unpaired) electrons. The number of ether oxygens (including phenoxy) is 1. The standard InChI is InChI=1S/C16H13NO3/c1-20-13-5-2-10(3-6-13)16(19)11-4-7-14-12(8-11)9-15(18)17-14/h2-8H,9H2,1H3,(H,17,18). The van der Waals surface area contributed by atoms with Crippen LogP contribution in [-0.2, 0) is 11.2 Å². The van der Waals surface area contributed by atoms with Crippen molar-refractivity contribution in [1.29, 1.82) is 0 Å². The number of ketones is 1. The lowest BCUT2D eigenvalue weighted by atomic mass is 10.0. The normalized spacial score (nSPS) is 12.8. The molecule has 1 aliphatic heterocycles. The van der Waals surface area contributed by atoms with Gasteiger partial charge in [-0.3, -0.25) is 9.59 Å². The molecule has 1 aliphatic rings. The van der Waals surface area contributed by atoms with Crippen molar-refractivity contribution in [2.45, 2.75) is 6.42 Å². The number of benzene rings is 2. The Hall–Kier alpha value is -2.62. The van der Waals surface area contributed by atoms with E-state index in [2.05, 4.69) is 5.32 Å². The largest absolute Gasteiger partial charge is 0.497 e. The number of hydrogen-bond donors (Lipinski definition) is 1. The van der Waals surface area contributed by atoms with Crippen molar-refractivity contribution in [2.24, 2.45) is 0 Å². The van der Waals surface area contributed by atoms with Gasteiger partial charge in [-0.15, -0.1) is 0 Å². The fraction of sp³-hybridized carbons (Fsp3) is 0.125. The van der Waals surface area contributed by atoms with Gasteiger partial charge in [0.25, 0.3) is 0 Å². The molecule has 0 spiro atoms. The van der Waals surface area contributed by atoms with Gasteiger partial charge in [0, 0.05) is 16.8 Å². The maximum atomic E-state index is 12.4. The highest BCUT2D eigenvalue weighted by atomic mass is 16.5. The predicted octanol–water partition coefficient (Wildman–Crippen LogP) is 2.42. The molecule has 4 heteroatoms. The summed E-state index contributed by atoms with van der Waals surface area (Å²) in [6, 6.07) is 12.3. The number of nitrogens with one attached hydrogen (secondary N) is 1. The summed E-state index contributed by atoms with van der Waals surface area (Å²) in [5.74, 6) is 0.620. The van der Waals surface area contributed by atoms with Crippen LogP contribution in [0.4, 0.5) is 5.69 Å². The van der Waals surface area contributed by atoms with Crippen molar-refractivity contribution in [3.8, 4) is 5.75 Å². The van der Waals surface area contributed by atoms with E-state index in [1.54, 1.807) is 49.6 Å². The number of carbonyl (C=O) groups is 2. The fourth-order valence-electron chi connectivity index (χ4n) is 2.28. The topological polar surface area (TPSA) is 55.4 Å². The lowest BCUT2D eigenvalue weighted by molar-refractivity contribution is -0.115. The average Bonchev–Trinajstić information content (AvgIpc) is 2.85. The SMILES string of the molecule is COc1ccc(C(=O)c2ccc3c(c2)CC(=O)N3)cc1. The molecule has 0 saturated carbocycles. The van der Waals surface area contributed by atoms with E-state index in [4.69, 9.17) is 4.74 Å². The zero-order valence-electron chi connectivity index (χ0n) is 11.0. The Labute approximate surface area is 116 Å². The molecule has 1 N–H and O–H groups in total. The van der Waals surface area contributed by atoms with Gasteiger partial charge in [0.05, 0.1) is 13.5 Å². The number of rotatable bonds is 3. The minimum Gasteiger partial charge on any atom is -0.497 e. The van der Waals surface area contributed by atoms with Crippen molar-refractivity contribution in [2.75, 3.05) is 12.4 Å². The highest BCUT2D eigenvalue weighted by molar-refractivity contribution is 6.10. The average molecular weight is 267 g/mol. The smallest absolute Gasteiger partial charge is 0.228 e. The van der Waals surface area contributed by atoms with Crippen molar-refractivity contribution >= 4 is 17.4 Å². The van der Waals surface area contributed by atoms with E-state index in [1.807, 2.05) is 0 Å². The zero-order valence-corrected chi connectivity index (χ0v) is 11.0. The summed E-state index contributed by atoms with van der Waals surface area (Å²) in [6.45, 7) is 0. The van der Waals surface area contributed by atoms with Crippen LogP contribution < -0.4 is 10.1 Å². The second-order valence-electron chi connectivity index (χ2n) is 4.65. The van der Waals surface area contributed by atoms with Gasteiger partial charge in [-0.25, -0.2) is 0 Å². The number of fused-ring (bicyclic) bond motifs is 1. The number of methoxy groups -OCH3 is 1. The lowest BCUT2D eigenvalue weighted by Crippen LogP contribution is -2.03. The van der Waals surface area contributed by atoms with E-state index in [9.17, 15) is 9.59 Å². The molecular formula is C16H13NO3. The van der Waals surface area contributed by atoms with Crippen molar-refractivity contribution in [1.82, 2.24) is 0 Å². The summed E-state index contributed by atoms with van der Waals surface area (Å²) in [5, 5.41) is 2.75. The summed E-state index contributed by atoms with van der Waals surface area (Å²) in [7, 11) is 1.58. The Balaban J connectivity index is 1.90. The highest BCUT2D eigenvalue weighted by Crippen LogP contribution is 2.25. The predicted molar refractivity (Wildman–Crippen MR) is 75.2 cm³/mol. The first-order valence-corrected chi connectivity index (χ1v) is 6.29. The molecule has 3 rings (SSSR count). The maximum Gasteiger partial charge on any atom is 0.228 e. The van der Waals surface area contributed by atoms with Gasteiger partial charge in [0.1, 0.15) is 5.75 Å². The van der Waals surface area contributed by atoms with Crippen LogP contribution in [0, 0.1) is 0 Å². The molecule has 0 fully saturated rings. The first kappa shape index (κ1) is 12.4. The molecule has 1 amide bonds. The summed E-state index contributed by atoms with van der Waals surface area (Å²) in [5.41, 5.74) is 2.85. The number of anilines is 1. The Kier molecular flexibility index (Phi) is 2.99. The van der Waals surface area contributed by atoms with Crippen LogP contribution in [0.1, 0.15) is 21.5 Å². The highest BCUT2D eigenvalue weighted by Gasteiger charge is 2.19. The van der Waals surface area contributed by atoms with Crippen LogP contribution in [0.5, 0.6) is 5.75 Å². The molecule has 1 heterocycles. The van der Waals surface area contributed by atoms with E-state index in [0.29, 0.717) is 23.3 Å². The summed E-state index contributed by atoms with van der Waals surface area (Å²) < 4.78 is 5.07. The van der Waals surface area contributed by atoms with E-state index >= 15 is 0 Å². The van der Waals surface area contributed by atoms with Gasteiger partial charge in [-0.1, -0.05) is 0 Å². The van der Waals surface area contributed by atoms with E-state index < -0.39 is 0 Å². The van der Waals surface area contributed by atoms with Gasteiger partial charge in [0.15, 0.2) is 5.78 Å². The van der Waals surface area contributed by atoms with Crippen LogP contribution in [-0.4, -0.2) is 18.8 Å². The van der Waals surface area contributed by atoms with Gasteiger partial charge >= 0.3 is 0 Å². The first-order valence-electron chi connectivity index (χ1n) is 6.29. The molecule has 0 unspecified atom stereocenters. The molecular weight excluding hydrogens is 254 g/mol. The van der Waals surface area contributed by atoms with Gasteiger partial charge in [0.2, 0.25) is 5.91 Å². The molecule has 4 nitrogen and oxygen atoms in total. The fourth-order valence-corrected chi connectivity index (χ4v) is 2.28. The Bertz CT molecular complexity index is 689. The molecule has 20 heavy (non-hydrogen) atoms. The van der Waals surface area contributed by atoms with Crippen molar-refractivity contribution in [3.05, 3.63) is 59.2 Å². The molecule has 2 aromatic rings. The summed E-state index contributed by atoms with van der Waals surface area (Å²) >= 11 is 0. The Morgan fingerprint density at radius 3 is 2.50 bits per heavy atom. The molecule has 0 bridgehead atoms.